The highest BCUT2D eigenvalue weighted by molar-refractivity contribution is 6.99. The maximum absolute atomic E-state index is 11.3. The highest BCUT2D eigenvalue weighted by Crippen LogP contribution is 2.51. The van der Waals surface area contributed by atoms with E-state index in [4.69, 9.17) is 13.9 Å². The van der Waals surface area contributed by atoms with Crippen LogP contribution >= 0.6 is 0 Å². The van der Waals surface area contributed by atoms with E-state index < -0.39 is 20.2 Å². The zero-order valence-electron chi connectivity index (χ0n) is 24.8. The standard InChI is InChI=1S/C34H46O5Si/c1-23-17-30(39-40(33(2,3)4,26-13-9-7-10-14-26)27-15-11-8-12-16-27)32(25-21-37-34(5,6)38-22-25)28-18-24(20-35)19-29(36)31(23)28/h7-18,23,25,28-29,31-32,35-36H,19-22H2,1-6H3/t23-,28-,29+,31+,32-/m1/s1. The lowest BCUT2D eigenvalue weighted by Gasteiger charge is -2.52. The second-order valence-corrected chi connectivity index (χ2v) is 17.6. The molecule has 0 saturated carbocycles. The largest absolute Gasteiger partial charge is 0.537 e. The van der Waals surface area contributed by atoms with E-state index in [1.165, 1.54) is 10.4 Å². The van der Waals surface area contributed by atoms with Crippen LogP contribution in [0.3, 0.4) is 0 Å². The number of aliphatic hydroxyl groups excluding tert-OH is 2. The molecule has 6 heteroatoms. The van der Waals surface area contributed by atoms with Gasteiger partial charge in [-0.15, -0.1) is 0 Å². The smallest absolute Gasteiger partial charge is 0.319 e. The minimum atomic E-state index is -2.88. The van der Waals surface area contributed by atoms with Crippen molar-refractivity contribution in [2.24, 2.45) is 29.6 Å². The van der Waals surface area contributed by atoms with E-state index in [0.29, 0.717) is 19.6 Å². The molecule has 0 radical (unpaired) electrons. The summed E-state index contributed by atoms with van der Waals surface area (Å²) in [5, 5.41) is 23.7. The van der Waals surface area contributed by atoms with Gasteiger partial charge in [0.1, 0.15) is 0 Å². The molecule has 0 amide bonds. The van der Waals surface area contributed by atoms with Crippen molar-refractivity contribution in [1.82, 2.24) is 0 Å². The fourth-order valence-electron chi connectivity index (χ4n) is 7.33. The molecule has 5 atom stereocenters. The minimum Gasteiger partial charge on any atom is -0.537 e. The average molecular weight is 563 g/mol. The van der Waals surface area contributed by atoms with Gasteiger partial charge in [-0.3, -0.25) is 0 Å². The number of ether oxygens (including phenoxy) is 2. The van der Waals surface area contributed by atoms with Crippen LogP contribution in [0.4, 0.5) is 0 Å². The molecule has 0 aromatic heterocycles. The van der Waals surface area contributed by atoms with Crippen molar-refractivity contribution >= 4 is 18.7 Å². The second-order valence-electron chi connectivity index (χ2n) is 13.4. The van der Waals surface area contributed by atoms with E-state index in [1.807, 2.05) is 13.8 Å². The molecule has 1 fully saturated rings. The summed E-state index contributed by atoms with van der Waals surface area (Å²) in [5.41, 5.74) is 0.899. The Kier molecular flexibility index (Phi) is 8.21. The Bertz CT molecular complexity index is 1170. The van der Waals surface area contributed by atoms with Gasteiger partial charge in [0.25, 0.3) is 0 Å². The highest BCUT2D eigenvalue weighted by atomic mass is 28.4. The fraction of sp³-hybridized carbons (Fsp3) is 0.529. The third-order valence-electron chi connectivity index (χ3n) is 9.25. The monoisotopic (exact) mass is 562 g/mol. The van der Waals surface area contributed by atoms with Gasteiger partial charge < -0.3 is 24.1 Å². The molecule has 1 aliphatic heterocycles. The molecule has 5 rings (SSSR count). The van der Waals surface area contributed by atoms with Gasteiger partial charge in [0, 0.05) is 11.8 Å². The number of rotatable bonds is 6. The number of benzene rings is 2. The van der Waals surface area contributed by atoms with Gasteiger partial charge in [-0.25, -0.2) is 0 Å². The molecule has 1 heterocycles. The molecule has 0 bridgehead atoms. The van der Waals surface area contributed by atoms with E-state index in [-0.39, 0.29) is 41.2 Å². The number of allylic oxidation sites excluding steroid dienone is 3. The molecule has 2 aromatic rings. The first kappa shape index (κ1) is 29.3. The lowest BCUT2D eigenvalue weighted by atomic mass is 9.61. The second kappa shape index (κ2) is 11.2. The Balaban J connectivity index is 1.68. The van der Waals surface area contributed by atoms with E-state index in [9.17, 15) is 10.2 Å². The van der Waals surface area contributed by atoms with Gasteiger partial charge in [0.2, 0.25) is 0 Å². The summed E-state index contributed by atoms with van der Waals surface area (Å²) in [6.45, 7) is 14.1. The van der Waals surface area contributed by atoms with Crippen molar-refractivity contribution in [2.45, 2.75) is 64.9 Å². The van der Waals surface area contributed by atoms with E-state index in [2.05, 4.69) is 101 Å². The van der Waals surface area contributed by atoms with Crippen molar-refractivity contribution in [3.8, 4) is 0 Å². The zero-order chi connectivity index (χ0) is 28.7. The highest BCUT2D eigenvalue weighted by Gasteiger charge is 2.55. The normalized spacial score (nSPS) is 29.2. The van der Waals surface area contributed by atoms with Crippen molar-refractivity contribution < 1.29 is 24.1 Å². The van der Waals surface area contributed by atoms with Crippen molar-refractivity contribution in [2.75, 3.05) is 19.8 Å². The van der Waals surface area contributed by atoms with Crippen molar-refractivity contribution in [1.29, 1.82) is 0 Å². The fourth-order valence-corrected chi connectivity index (χ4v) is 11.8. The predicted octanol–water partition coefficient (Wildman–Crippen LogP) is 5.03. The SMILES string of the molecule is C[C@@H]1C=C(O[Si](c2ccccc2)(c2ccccc2)C(C)(C)C)[C@H](C2COC(C)(C)OC2)[C@@H]2C=C(CO)C[C@H](O)[C@H]21. The number of hydrogen-bond acceptors (Lipinski definition) is 5. The Hall–Kier alpha value is -2.22. The molecule has 3 aliphatic rings. The third kappa shape index (κ3) is 5.37. The van der Waals surface area contributed by atoms with Crippen LogP contribution in [-0.4, -0.2) is 50.2 Å². The summed E-state index contributed by atoms with van der Waals surface area (Å²) in [6.07, 6.45) is 4.51. The summed E-state index contributed by atoms with van der Waals surface area (Å²) in [6, 6.07) is 21.5. The molecule has 216 valence electrons. The zero-order valence-corrected chi connectivity index (χ0v) is 25.8. The quantitative estimate of drug-likeness (QED) is 0.382. The summed E-state index contributed by atoms with van der Waals surface area (Å²) >= 11 is 0. The molecule has 5 nitrogen and oxygen atoms in total. The van der Waals surface area contributed by atoms with Crippen LogP contribution in [0.25, 0.3) is 0 Å². The lowest BCUT2D eigenvalue weighted by Crippen LogP contribution is -2.67. The molecule has 2 aliphatic carbocycles. The van der Waals surface area contributed by atoms with Crippen LogP contribution < -0.4 is 10.4 Å². The molecular formula is C34H46O5Si. The molecular weight excluding hydrogens is 516 g/mol. The van der Waals surface area contributed by atoms with E-state index >= 15 is 0 Å². The first-order valence-electron chi connectivity index (χ1n) is 14.7. The summed E-state index contributed by atoms with van der Waals surface area (Å²) in [4.78, 5) is 0. The Morgan fingerprint density at radius 2 is 1.48 bits per heavy atom. The van der Waals surface area contributed by atoms with Crippen LogP contribution in [0.15, 0.2) is 84.1 Å². The van der Waals surface area contributed by atoms with E-state index in [1.54, 1.807) is 0 Å². The Labute approximate surface area is 241 Å². The first-order chi connectivity index (χ1) is 19.0. The number of aliphatic hydroxyl groups is 2. The van der Waals surface area contributed by atoms with Gasteiger partial charge in [0.15, 0.2) is 5.79 Å². The van der Waals surface area contributed by atoms with Gasteiger partial charge in [-0.2, -0.15) is 0 Å². The van der Waals surface area contributed by atoms with Crippen molar-refractivity contribution in [3.63, 3.8) is 0 Å². The van der Waals surface area contributed by atoms with E-state index in [0.717, 1.165) is 11.3 Å². The average Bonchev–Trinajstić information content (AvgIpc) is 2.92. The number of hydrogen-bond donors (Lipinski definition) is 2. The maximum atomic E-state index is 11.3. The van der Waals surface area contributed by atoms with Crippen LogP contribution in [0.1, 0.15) is 48.0 Å². The van der Waals surface area contributed by atoms with Crippen LogP contribution in [0, 0.1) is 29.6 Å². The van der Waals surface area contributed by atoms with Gasteiger partial charge in [-0.1, -0.05) is 94.4 Å². The summed E-state index contributed by atoms with van der Waals surface area (Å²) < 4.78 is 20.1. The summed E-state index contributed by atoms with van der Waals surface area (Å²) in [5.74, 6) is 0.526. The molecule has 40 heavy (non-hydrogen) atoms. The first-order valence-corrected chi connectivity index (χ1v) is 16.7. The maximum Gasteiger partial charge on any atom is 0.319 e. The van der Waals surface area contributed by atoms with Gasteiger partial charge in [0.05, 0.1) is 31.7 Å². The topological polar surface area (TPSA) is 68.2 Å². The Morgan fingerprint density at radius 1 is 0.925 bits per heavy atom. The number of fused-ring (bicyclic) bond motifs is 1. The molecule has 1 saturated heterocycles. The predicted molar refractivity (Wildman–Crippen MR) is 162 cm³/mol. The van der Waals surface area contributed by atoms with Gasteiger partial charge >= 0.3 is 8.32 Å². The van der Waals surface area contributed by atoms with Gasteiger partial charge in [-0.05, 0) is 65.1 Å². The third-order valence-corrected chi connectivity index (χ3v) is 14.2. The lowest BCUT2D eigenvalue weighted by molar-refractivity contribution is -0.270. The van der Waals surface area contributed by atoms with Crippen molar-refractivity contribution in [3.05, 3.63) is 84.1 Å². The molecule has 2 aromatic carbocycles. The summed E-state index contributed by atoms with van der Waals surface area (Å²) in [7, 11) is -2.88. The van der Waals surface area contributed by atoms with Crippen LogP contribution in [-0.2, 0) is 13.9 Å². The minimum absolute atomic E-state index is 0.0116. The Morgan fingerprint density at radius 3 is 1.98 bits per heavy atom. The molecule has 0 spiro atoms. The molecule has 2 N–H and O–H groups in total. The van der Waals surface area contributed by atoms with Crippen LogP contribution in [0.5, 0.6) is 0 Å². The molecule has 0 unspecified atom stereocenters. The van der Waals surface area contributed by atoms with Crippen LogP contribution in [0.2, 0.25) is 5.04 Å².